The number of aromatic amines is 1. The smallest absolute Gasteiger partial charge is 0.134 e. The molecule has 0 saturated carbocycles. The molecule has 0 amide bonds. The highest BCUT2D eigenvalue weighted by Crippen LogP contribution is 2.14. The van der Waals surface area contributed by atoms with E-state index in [4.69, 9.17) is 0 Å². The van der Waals surface area contributed by atoms with Crippen LogP contribution in [0.4, 0.5) is 11.6 Å². The molecule has 2 aromatic heterocycles. The number of nitrogens with one attached hydrogen (secondary N) is 3. The molecule has 2 rings (SSSR count). The molecule has 0 aliphatic rings. The Hall–Kier alpha value is -2.08. The van der Waals surface area contributed by atoms with E-state index < -0.39 is 0 Å². The van der Waals surface area contributed by atoms with Gasteiger partial charge in [-0.05, 0) is 19.2 Å². The SMILES string of the molecule is CNCCNc1cc(N(C)Cc2ccc[nH]2)ncn1. The minimum Gasteiger partial charge on any atom is -0.369 e. The predicted molar refractivity (Wildman–Crippen MR) is 77.3 cm³/mol. The van der Waals surface area contributed by atoms with Crippen molar-refractivity contribution in [2.75, 3.05) is 37.4 Å². The molecular weight excluding hydrogens is 240 g/mol. The molecule has 0 bridgehead atoms. The van der Waals surface area contributed by atoms with Crippen LogP contribution in [0, 0.1) is 0 Å². The molecule has 0 aromatic carbocycles. The van der Waals surface area contributed by atoms with E-state index in [2.05, 4.69) is 36.6 Å². The Kier molecular flexibility index (Phi) is 4.74. The normalized spacial score (nSPS) is 10.4. The van der Waals surface area contributed by atoms with E-state index in [1.54, 1.807) is 6.33 Å². The standard InChI is InChI=1S/C13H20N6/c1-14-6-7-16-12-8-13(18-10-17-12)19(2)9-11-4-3-5-15-11/h3-5,8,10,14-15H,6-7,9H2,1-2H3,(H,16,17,18). The predicted octanol–water partition coefficient (Wildman–Crippen LogP) is 1.07. The number of rotatable bonds is 7. The summed E-state index contributed by atoms with van der Waals surface area (Å²) in [5, 5.41) is 6.34. The van der Waals surface area contributed by atoms with Gasteiger partial charge in [0.25, 0.3) is 0 Å². The van der Waals surface area contributed by atoms with E-state index in [0.717, 1.165) is 37.0 Å². The van der Waals surface area contributed by atoms with E-state index >= 15 is 0 Å². The molecular formula is C13H20N6. The van der Waals surface area contributed by atoms with Crippen LogP contribution in [0.3, 0.4) is 0 Å². The second-order valence-corrected chi connectivity index (χ2v) is 4.34. The van der Waals surface area contributed by atoms with Crippen molar-refractivity contribution < 1.29 is 0 Å². The summed E-state index contributed by atoms with van der Waals surface area (Å²) < 4.78 is 0. The van der Waals surface area contributed by atoms with Crippen LogP contribution in [0.25, 0.3) is 0 Å². The van der Waals surface area contributed by atoms with Gasteiger partial charge in [0.05, 0.1) is 6.54 Å². The topological polar surface area (TPSA) is 68.9 Å². The first-order valence-electron chi connectivity index (χ1n) is 6.33. The molecule has 102 valence electrons. The van der Waals surface area contributed by atoms with Crippen LogP contribution in [0.5, 0.6) is 0 Å². The van der Waals surface area contributed by atoms with E-state index in [1.807, 2.05) is 32.4 Å². The molecule has 0 saturated heterocycles. The van der Waals surface area contributed by atoms with Gasteiger partial charge in [-0.1, -0.05) is 0 Å². The first-order chi connectivity index (χ1) is 9.29. The highest BCUT2D eigenvalue weighted by Gasteiger charge is 2.05. The Morgan fingerprint density at radius 2 is 2.21 bits per heavy atom. The van der Waals surface area contributed by atoms with E-state index in [1.165, 1.54) is 0 Å². The number of anilines is 2. The average molecular weight is 260 g/mol. The van der Waals surface area contributed by atoms with E-state index in [-0.39, 0.29) is 0 Å². The second-order valence-electron chi connectivity index (χ2n) is 4.34. The third kappa shape index (κ3) is 3.96. The molecule has 0 aliphatic heterocycles. The first-order valence-corrected chi connectivity index (χ1v) is 6.33. The average Bonchev–Trinajstić information content (AvgIpc) is 2.92. The summed E-state index contributed by atoms with van der Waals surface area (Å²) in [4.78, 5) is 13.8. The lowest BCUT2D eigenvalue weighted by molar-refractivity contribution is 0.819. The van der Waals surface area contributed by atoms with Crippen LogP contribution in [0.15, 0.2) is 30.7 Å². The van der Waals surface area contributed by atoms with Crippen molar-refractivity contribution in [1.29, 1.82) is 0 Å². The molecule has 6 heteroatoms. The maximum atomic E-state index is 4.29. The zero-order valence-corrected chi connectivity index (χ0v) is 11.3. The molecule has 2 heterocycles. The Morgan fingerprint density at radius 3 is 2.95 bits per heavy atom. The van der Waals surface area contributed by atoms with Crippen molar-refractivity contribution in [2.45, 2.75) is 6.54 Å². The molecule has 0 fully saturated rings. The van der Waals surface area contributed by atoms with Crippen molar-refractivity contribution in [3.05, 3.63) is 36.4 Å². The first kappa shape index (κ1) is 13.4. The molecule has 6 nitrogen and oxygen atoms in total. The van der Waals surface area contributed by atoms with Crippen molar-refractivity contribution >= 4 is 11.6 Å². The molecule has 0 spiro atoms. The fraction of sp³-hybridized carbons (Fsp3) is 0.385. The van der Waals surface area contributed by atoms with Gasteiger partial charge in [-0.25, -0.2) is 9.97 Å². The number of H-pyrrole nitrogens is 1. The van der Waals surface area contributed by atoms with Gasteiger partial charge in [0.2, 0.25) is 0 Å². The molecule has 3 N–H and O–H groups in total. The fourth-order valence-electron chi connectivity index (χ4n) is 1.77. The van der Waals surface area contributed by atoms with Crippen molar-refractivity contribution in [1.82, 2.24) is 20.3 Å². The lowest BCUT2D eigenvalue weighted by atomic mass is 10.4. The Labute approximate surface area is 113 Å². The highest BCUT2D eigenvalue weighted by atomic mass is 15.2. The molecule has 0 atom stereocenters. The van der Waals surface area contributed by atoms with E-state index in [9.17, 15) is 0 Å². The summed E-state index contributed by atoms with van der Waals surface area (Å²) >= 11 is 0. The summed E-state index contributed by atoms with van der Waals surface area (Å²) in [6.45, 7) is 2.53. The summed E-state index contributed by atoms with van der Waals surface area (Å²) in [7, 11) is 3.94. The van der Waals surface area contributed by atoms with Crippen molar-refractivity contribution in [3.8, 4) is 0 Å². The van der Waals surface area contributed by atoms with Crippen LogP contribution in [0.1, 0.15) is 5.69 Å². The number of nitrogens with zero attached hydrogens (tertiary/aromatic N) is 3. The third-order valence-corrected chi connectivity index (χ3v) is 2.79. The molecule has 2 aromatic rings. The van der Waals surface area contributed by atoms with Crippen LogP contribution in [-0.2, 0) is 6.54 Å². The molecule has 19 heavy (non-hydrogen) atoms. The molecule has 0 radical (unpaired) electrons. The maximum Gasteiger partial charge on any atom is 0.134 e. The van der Waals surface area contributed by atoms with Crippen LogP contribution in [-0.4, -0.2) is 42.1 Å². The summed E-state index contributed by atoms with van der Waals surface area (Å²) in [6.07, 6.45) is 3.51. The van der Waals surface area contributed by atoms with Gasteiger partial charge in [-0.15, -0.1) is 0 Å². The fourth-order valence-corrected chi connectivity index (χ4v) is 1.77. The maximum absolute atomic E-state index is 4.29. The largest absolute Gasteiger partial charge is 0.369 e. The zero-order valence-electron chi connectivity index (χ0n) is 11.3. The van der Waals surface area contributed by atoms with Crippen LogP contribution < -0.4 is 15.5 Å². The minimum absolute atomic E-state index is 0.792. The Morgan fingerprint density at radius 1 is 1.32 bits per heavy atom. The summed E-state index contributed by atoms with van der Waals surface area (Å²) in [5.41, 5.74) is 1.16. The van der Waals surface area contributed by atoms with Crippen molar-refractivity contribution in [2.24, 2.45) is 0 Å². The summed E-state index contributed by atoms with van der Waals surface area (Å²) in [5.74, 6) is 1.75. The van der Waals surface area contributed by atoms with Gasteiger partial charge in [0.15, 0.2) is 0 Å². The lowest BCUT2D eigenvalue weighted by Gasteiger charge is -2.17. The monoisotopic (exact) mass is 260 g/mol. The molecule has 0 aliphatic carbocycles. The lowest BCUT2D eigenvalue weighted by Crippen LogP contribution is -2.20. The van der Waals surface area contributed by atoms with Crippen molar-refractivity contribution in [3.63, 3.8) is 0 Å². The number of aromatic nitrogens is 3. The van der Waals surface area contributed by atoms with Gasteiger partial charge >= 0.3 is 0 Å². The Balaban J connectivity index is 1.97. The second kappa shape index (κ2) is 6.75. The quantitative estimate of drug-likeness (QED) is 0.650. The third-order valence-electron chi connectivity index (χ3n) is 2.79. The van der Waals surface area contributed by atoms with Gasteiger partial charge in [-0.3, -0.25) is 0 Å². The van der Waals surface area contributed by atoms with E-state index in [0.29, 0.717) is 0 Å². The number of hydrogen-bond donors (Lipinski definition) is 3. The van der Waals surface area contributed by atoms with Gasteiger partial charge in [0, 0.05) is 38.1 Å². The Bertz CT molecular complexity index is 482. The summed E-state index contributed by atoms with van der Waals surface area (Å²) in [6, 6.07) is 6.01. The number of likely N-dealkylation sites (N-methyl/N-ethyl adjacent to an activating group) is 1. The van der Waals surface area contributed by atoms with Gasteiger partial charge in [0.1, 0.15) is 18.0 Å². The van der Waals surface area contributed by atoms with Crippen LogP contribution >= 0.6 is 0 Å². The minimum atomic E-state index is 0.792. The van der Waals surface area contributed by atoms with Gasteiger partial charge < -0.3 is 20.5 Å². The highest BCUT2D eigenvalue weighted by molar-refractivity contribution is 5.48. The van der Waals surface area contributed by atoms with Crippen LogP contribution in [0.2, 0.25) is 0 Å². The number of hydrogen-bond acceptors (Lipinski definition) is 5. The molecule has 0 unspecified atom stereocenters. The van der Waals surface area contributed by atoms with Gasteiger partial charge in [-0.2, -0.15) is 0 Å². The zero-order chi connectivity index (χ0) is 13.5.